The Kier molecular flexibility index (Phi) is 7.25. The van der Waals surface area contributed by atoms with E-state index in [0.717, 1.165) is 12.2 Å². The van der Waals surface area contributed by atoms with E-state index < -0.39 is 0 Å². The van der Waals surface area contributed by atoms with Crippen LogP contribution in [0.3, 0.4) is 0 Å². The molecule has 2 N–H and O–H groups in total. The van der Waals surface area contributed by atoms with Crippen molar-refractivity contribution in [1.82, 2.24) is 10.2 Å². The van der Waals surface area contributed by atoms with Crippen LogP contribution in [0.15, 0.2) is 24.3 Å². The SMILES string of the molecule is CCNc1ccccc1C(=O)N(C)CC(=O)NCCOC. The predicted molar refractivity (Wildman–Crippen MR) is 82.5 cm³/mol. The van der Waals surface area contributed by atoms with Gasteiger partial charge in [0.2, 0.25) is 5.91 Å². The molecule has 116 valence electrons. The van der Waals surface area contributed by atoms with Crippen molar-refractivity contribution >= 4 is 17.5 Å². The van der Waals surface area contributed by atoms with E-state index in [4.69, 9.17) is 4.74 Å². The van der Waals surface area contributed by atoms with Gasteiger partial charge in [-0.15, -0.1) is 0 Å². The van der Waals surface area contributed by atoms with Gasteiger partial charge < -0.3 is 20.3 Å². The first-order chi connectivity index (χ1) is 10.1. The minimum Gasteiger partial charge on any atom is -0.385 e. The molecule has 0 aliphatic carbocycles. The molecule has 0 atom stereocenters. The maximum Gasteiger partial charge on any atom is 0.256 e. The van der Waals surface area contributed by atoms with Crippen molar-refractivity contribution in [2.45, 2.75) is 6.92 Å². The van der Waals surface area contributed by atoms with Gasteiger partial charge in [0.05, 0.1) is 18.7 Å². The predicted octanol–water partition coefficient (Wildman–Crippen LogP) is 0.953. The fourth-order valence-electron chi connectivity index (χ4n) is 1.86. The number of carbonyl (C=O) groups excluding carboxylic acids is 2. The molecule has 6 heteroatoms. The average molecular weight is 293 g/mol. The van der Waals surface area contributed by atoms with Gasteiger partial charge in [0.15, 0.2) is 0 Å². The molecule has 2 amide bonds. The normalized spacial score (nSPS) is 10.0. The van der Waals surface area contributed by atoms with Crippen LogP contribution in [0.1, 0.15) is 17.3 Å². The number of nitrogens with one attached hydrogen (secondary N) is 2. The Balaban J connectivity index is 2.63. The number of hydrogen-bond donors (Lipinski definition) is 2. The average Bonchev–Trinajstić information content (AvgIpc) is 2.47. The Morgan fingerprint density at radius 3 is 2.67 bits per heavy atom. The number of benzene rings is 1. The first-order valence-electron chi connectivity index (χ1n) is 6.94. The van der Waals surface area contributed by atoms with Gasteiger partial charge in [0.25, 0.3) is 5.91 Å². The van der Waals surface area contributed by atoms with Crippen LogP contribution in [0.4, 0.5) is 5.69 Å². The molecular formula is C15H23N3O3. The molecule has 0 aromatic heterocycles. The molecule has 6 nitrogen and oxygen atoms in total. The molecule has 1 aromatic carbocycles. The Hall–Kier alpha value is -2.08. The van der Waals surface area contributed by atoms with Crippen molar-refractivity contribution in [3.05, 3.63) is 29.8 Å². The molecule has 0 aliphatic heterocycles. The number of likely N-dealkylation sites (N-methyl/N-ethyl adjacent to an activating group) is 1. The highest BCUT2D eigenvalue weighted by Crippen LogP contribution is 2.16. The molecule has 0 fully saturated rings. The molecule has 0 heterocycles. The first kappa shape index (κ1) is 17.0. The maximum absolute atomic E-state index is 12.4. The molecule has 1 rings (SSSR count). The number of anilines is 1. The van der Waals surface area contributed by atoms with Gasteiger partial charge >= 0.3 is 0 Å². The van der Waals surface area contributed by atoms with Crippen molar-refractivity contribution in [2.24, 2.45) is 0 Å². The van der Waals surface area contributed by atoms with Gasteiger partial charge in [-0.25, -0.2) is 0 Å². The van der Waals surface area contributed by atoms with Crippen LogP contribution < -0.4 is 10.6 Å². The van der Waals surface area contributed by atoms with E-state index in [1.54, 1.807) is 26.3 Å². The van der Waals surface area contributed by atoms with Gasteiger partial charge in [0.1, 0.15) is 0 Å². The fraction of sp³-hybridized carbons (Fsp3) is 0.467. The summed E-state index contributed by atoms with van der Waals surface area (Å²) in [4.78, 5) is 25.5. The molecule has 0 saturated heterocycles. The zero-order valence-electron chi connectivity index (χ0n) is 12.8. The van der Waals surface area contributed by atoms with Gasteiger partial charge in [-0.1, -0.05) is 12.1 Å². The van der Waals surface area contributed by atoms with Gasteiger partial charge in [0, 0.05) is 32.9 Å². The monoisotopic (exact) mass is 293 g/mol. The lowest BCUT2D eigenvalue weighted by Gasteiger charge is -2.19. The number of ether oxygens (including phenoxy) is 1. The van der Waals surface area contributed by atoms with Crippen molar-refractivity contribution < 1.29 is 14.3 Å². The van der Waals surface area contributed by atoms with E-state index in [9.17, 15) is 9.59 Å². The highest BCUT2D eigenvalue weighted by Gasteiger charge is 2.17. The number of methoxy groups -OCH3 is 1. The summed E-state index contributed by atoms with van der Waals surface area (Å²) < 4.78 is 4.85. The lowest BCUT2D eigenvalue weighted by Crippen LogP contribution is -2.39. The molecule has 0 saturated carbocycles. The quantitative estimate of drug-likeness (QED) is 0.700. The van der Waals surface area contributed by atoms with Crippen molar-refractivity contribution in [3.8, 4) is 0 Å². The molecule has 1 aromatic rings. The zero-order chi connectivity index (χ0) is 15.7. The van der Waals surface area contributed by atoms with Crippen LogP contribution in [0, 0.1) is 0 Å². The van der Waals surface area contributed by atoms with Crippen LogP contribution in [-0.2, 0) is 9.53 Å². The summed E-state index contributed by atoms with van der Waals surface area (Å²) in [5.41, 5.74) is 1.34. The summed E-state index contributed by atoms with van der Waals surface area (Å²) in [6.45, 7) is 3.60. The van der Waals surface area contributed by atoms with Gasteiger partial charge in [-0.05, 0) is 19.1 Å². The summed E-state index contributed by atoms with van der Waals surface area (Å²) in [6, 6.07) is 7.27. The summed E-state index contributed by atoms with van der Waals surface area (Å²) in [5.74, 6) is -0.391. The van der Waals surface area contributed by atoms with Crippen LogP contribution in [-0.4, -0.2) is 57.1 Å². The van der Waals surface area contributed by atoms with Crippen LogP contribution in [0.5, 0.6) is 0 Å². The summed E-state index contributed by atoms with van der Waals surface area (Å²) >= 11 is 0. The number of carbonyl (C=O) groups is 2. The minimum atomic E-state index is -0.205. The number of rotatable bonds is 8. The number of amides is 2. The Morgan fingerprint density at radius 2 is 2.00 bits per heavy atom. The van der Waals surface area contributed by atoms with E-state index in [0.29, 0.717) is 18.7 Å². The van der Waals surface area contributed by atoms with Crippen LogP contribution in [0.25, 0.3) is 0 Å². The van der Waals surface area contributed by atoms with Crippen molar-refractivity contribution in [1.29, 1.82) is 0 Å². The Morgan fingerprint density at radius 1 is 1.29 bits per heavy atom. The smallest absolute Gasteiger partial charge is 0.256 e. The molecule has 0 aliphatic rings. The van der Waals surface area contributed by atoms with Crippen LogP contribution in [0.2, 0.25) is 0 Å². The zero-order valence-corrected chi connectivity index (χ0v) is 12.8. The topological polar surface area (TPSA) is 70.7 Å². The second-order valence-corrected chi connectivity index (χ2v) is 4.58. The third-order valence-corrected chi connectivity index (χ3v) is 2.88. The Bertz CT molecular complexity index is 477. The molecule has 21 heavy (non-hydrogen) atoms. The summed E-state index contributed by atoms with van der Waals surface area (Å²) in [7, 11) is 3.18. The highest BCUT2D eigenvalue weighted by atomic mass is 16.5. The number of hydrogen-bond acceptors (Lipinski definition) is 4. The largest absolute Gasteiger partial charge is 0.385 e. The summed E-state index contributed by atoms with van der Waals surface area (Å²) in [6.07, 6.45) is 0. The van der Waals surface area contributed by atoms with E-state index in [1.165, 1.54) is 4.90 Å². The molecule has 0 unspecified atom stereocenters. The highest BCUT2D eigenvalue weighted by molar-refractivity contribution is 6.00. The second kappa shape index (κ2) is 8.97. The summed E-state index contributed by atoms with van der Waals surface area (Å²) in [5, 5.41) is 5.83. The maximum atomic E-state index is 12.4. The molecule has 0 spiro atoms. The first-order valence-corrected chi connectivity index (χ1v) is 6.94. The van der Waals surface area contributed by atoms with Gasteiger partial charge in [-0.2, -0.15) is 0 Å². The lowest BCUT2D eigenvalue weighted by molar-refractivity contribution is -0.121. The van der Waals surface area contributed by atoms with E-state index in [-0.39, 0.29) is 18.4 Å². The van der Waals surface area contributed by atoms with Gasteiger partial charge in [-0.3, -0.25) is 9.59 Å². The van der Waals surface area contributed by atoms with Crippen molar-refractivity contribution in [2.75, 3.05) is 45.7 Å². The van der Waals surface area contributed by atoms with Crippen molar-refractivity contribution in [3.63, 3.8) is 0 Å². The number of nitrogens with zero attached hydrogens (tertiary/aromatic N) is 1. The standard InChI is InChI=1S/C15H23N3O3/c1-4-16-13-8-6-5-7-12(13)15(20)18(2)11-14(19)17-9-10-21-3/h5-8,16H,4,9-11H2,1-3H3,(H,17,19). The minimum absolute atomic E-state index is 0.0169. The van der Waals surface area contributed by atoms with E-state index in [1.807, 2.05) is 19.1 Å². The second-order valence-electron chi connectivity index (χ2n) is 4.58. The Labute approximate surface area is 125 Å². The third-order valence-electron chi connectivity index (χ3n) is 2.88. The fourth-order valence-corrected chi connectivity index (χ4v) is 1.86. The molecule has 0 bridgehead atoms. The lowest BCUT2D eigenvalue weighted by atomic mass is 10.1. The number of para-hydroxylation sites is 1. The van der Waals surface area contributed by atoms with Crippen LogP contribution >= 0.6 is 0 Å². The molecule has 0 radical (unpaired) electrons. The molecular weight excluding hydrogens is 270 g/mol. The van der Waals surface area contributed by atoms with E-state index in [2.05, 4.69) is 10.6 Å². The van der Waals surface area contributed by atoms with E-state index >= 15 is 0 Å². The third kappa shape index (κ3) is 5.43.